The molecule has 1 saturated heterocycles. The van der Waals surface area contributed by atoms with Gasteiger partial charge < -0.3 is 14.7 Å². The average molecular weight is 471 g/mol. The molecule has 0 saturated carbocycles. The maximum Gasteiger partial charge on any atom is 0.253 e. The van der Waals surface area contributed by atoms with Crippen LogP contribution in [0.2, 0.25) is 10.0 Å². The van der Waals surface area contributed by atoms with E-state index in [4.69, 9.17) is 27.7 Å². The van der Waals surface area contributed by atoms with E-state index in [-0.39, 0.29) is 16.8 Å². The number of benzene rings is 1. The predicted octanol–water partition coefficient (Wildman–Crippen LogP) is 3.94. The van der Waals surface area contributed by atoms with Gasteiger partial charge in [-0.1, -0.05) is 28.4 Å². The first-order valence-corrected chi connectivity index (χ1v) is 11.9. The second kappa shape index (κ2) is 10.5. The van der Waals surface area contributed by atoms with Crippen molar-refractivity contribution in [1.29, 1.82) is 0 Å². The first kappa shape index (κ1) is 22.9. The molecule has 1 aromatic carbocycles. The van der Waals surface area contributed by atoms with E-state index in [2.05, 4.69) is 15.5 Å². The van der Waals surface area contributed by atoms with E-state index in [9.17, 15) is 9.59 Å². The number of aryl methyl sites for hydroxylation is 1. The summed E-state index contributed by atoms with van der Waals surface area (Å²) < 4.78 is 5.30. The standard InChI is InChI=1S/C20H24Cl2N4O3S/c1-12-23-19(29-25-12)13-4-3-8-26(11-13)20(28)17(7-9-30-2)24-18(27)15-6-5-14(21)10-16(15)22/h5-6,10,13,17H,3-4,7-9,11H2,1-2H3,(H,24,27). The molecule has 2 heterocycles. The molecular weight excluding hydrogens is 447 g/mol. The number of rotatable bonds is 7. The van der Waals surface area contributed by atoms with E-state index in [0.29, 0.717) is 41.8 Å². The van der Waals surface area contributed by atoms with Gasteiger partial charge in [0.05, 0.1) is 16.5 Å². The van der Waals surface area contributed by atoms with Crippen molar-refractivity contribution < 1.29 is 14.1 Å². The van der Waals surface area contributed by atoms with Crippen molar-refractivity contribution in [2.45, 2.75) is 38.1 Å². The average Bonchev–Trinajstić information content (AvgIpc) is 3.17. The number of nitrogens with one attached hydrogen (secondary N) is 1. The van der Waals surface area contributed by atoms with Gasteiger partial charge in [-0.05, 0) is 56.4 Å². The first-order chi connectivity index (χ1) is 14.4. The highest BCUT2D eigenvalue weighted by atomic mass is 35.5. The Balaban J connectivity index is 1.72. The van der Waals surface area contributed by atoms with Crippen molar-refractivity contribution in [3.05, 3.63) is 45.5 Å². The fourth-order valence-electron chi connectivity index (χ4n) is 3.48. The van der Waals surface area contributed by atoms with Crippen molar-refractivity contribution in [2.75, 3.05) is 25.1 Å². The van der Waals surface area contributed by atoms with Crippen LogP contribution in [0.15, 0.2) is 22.7 Å². The molecule has 1 aromatic heterocycles. The number of hydrogen-bond acceptors (Lipinski definition) is 6. The van der Waals surface area contributed by atoms with Gasteiger partial charge in [0.15, 0.2) is 5.82 Å². The zero-order chi connectivity index (χ0) is 21.7. The van der Waals surface area contributed by atoms with Gasteiger partial charge in [0, 0.05) is 18.1 Å². The Hall–Kier alpha value is -1.77. The highest BCUT2D eigenvalue weighted by molar-refractivity contribution is 7.98. The lowest BCUT2D eigenvalue weighted by Gasteiger charge is -2.34. The quantitative estimate of drug-likeness (QED) is 0.658. The summed E-state index contributed by atoms with van der Waals surface area (Å²) >= 11 is 13.7. The Morgan fingerprint density at radius 1 is 1.40 bits per heavy atom. The first-order valence-electron chi connectivity index (χ1n) is 9.73. The molecule has 2 aromatic rings. The molecule has 3 rings (SSSR count). The minimum atomic E-state index is -0.639. The van der Waals surface area contributed by atoms with Crippen LogP contribution in [0.1, 0.15) is 47.3 Å². The molecule has 0 bridgehead atoms. The molecule has 0 aliphatic carbocycles. The lowest BCUT2D eigenvalue weighted by Crippen LogP contribution is -2.51. The zero-order valence-corrected chi connectivity index (χ0v) is 19.2. The normalized spacial score (nSPS) is 17.6. The summed E-state index contributed by atoms with van der Waals surface area (Å²) in [6.45, 7) is 2.90. The summed E-state index contributed by atoms with van der Waals surface area (Å²) in [6.07, 6.45) is 4.21. The van der Waals surface area contributed by atoms with Crippen molar-refractivity contribution in [3.8, 4) is 0 Å². The van der Waals surface area contributed by atoms with Crippen molar-refractivity contribution in [1.82, 2.24) is 20.4 Å². The number of hydrogen-bond donors (Lipinski definition) is 1. The highest BCUT2D eigenvalue weighted by Gasteiger charge is 2.32. The maximum atomic E-state index is 13.3. The van der Waals surface area contributed by atoms with Gasteiger partial charge in [-0.3, -0.25) is 9.59 Å². The largest absolute Gasteiger partial charge is 0.340 e. The molecule has 2 amide bonds. The lowest BCUT2D eigenvalue weighted by atomic mass is 9.97. The molecule has 1 fully saturated rings. The Morgan fingerprint density at radius 3 is 2.87 bits per heavy atom. The molecule has 10 heteroatoms. The van der Waals surface area contributed by atoms with Crippen LogP contribution in [-0.4, -0.2) is 58.0 Å². The Kier molecular flexibility index (Phi) is 8.02. The molecule has 1 aliphatic heterocycles. The van der Waals surface area contributed by atoms with E-state index >= 15 is 0 Å². The third-order valence-electron chi connectivity index (χ3n) is 5.02. The van der Waals surface area contributed by atoms with Crippen LogP contribution in [0.25, 0.3) is 0 Å². The number of halogens is 2. The molecule has 7 nitrogen and oxygen atoms in total. The topological polar surface area (TPSA) is 88.3 Å². The number of nitrogens with zero attached hydrogens (tertiary/aromatic N) is 3. The van der Waals surface area contributed by atoms with E-state index in [1.54, 1.807) is 35.7 Å². The number of aromatic nitrogens is 2. The third-order valence-corrected chi connectivity index (χ3v) is 6.21. The fourth-order valence-corrected chi connectivity index (χ4v) is 4.45. The molecule has 2 unspecified atom stereocenters. The number of amides is 2. The summed E-state index contributed by atoms with van der Waals surface area (Å²) in [5, 5.41) is 7.41. The highest BCUT2D eigenvalue weighted by Crippen LogP contribution is 2.27. The smallest absolute Gasteiger partial charge is 0.253 e. The van der Waals surface area contributed by atoms with Gasteiger partial charge in [0.2, 0.25) is 11.8 Å². The van der Waals surface area contributed by atoms with Crippen LogP contribution in [0.4, 0.5) is 0 Å². The van der Waals surface area contributed by atoms with Gasteiger partial charge in [0.1, 0.15) is 6.04 Å². The van der Waals surface area contributed by atoms with Gasteiger partial charge in [-0.15, -0.1) is 0 Å². The monoisotopic (exact) mass is 470 g/mol. The van der Waals surface area contributed by atoms with Crippen LogP contribution in [0.3, 0.4) is 0 Å². The molecule has 2 atom stereocenters. The van der Waals surface area contributed by atoms with Crippen molar-refractivity contribution in [3.63, 3.8) is 0 Å². The Labute approximate surface area is 189 Å². The summed E-state index contributed by atoms with van der Waals surface area (Å²) in [4.78, 5) is 32.1. The summed E-state index contributed by atoms with van der Waals surface area (Å²) in [7, 11) is 0. The van der Waals surface area contributed by atoms with Gasteiger partial charge >= 0.3 is 0 Å². The van der Waals surface area contributed by atoms with E-state index < -0.39 is 11.9 Å². The third kappa shape index (κ3) is 5.68. The van der Waals surface area contributed by atoms with Crippen molar-refractivity contribution >= 4 is 46.8 Å². The van der Waals surface area contributed by atoms with Crippen LogP contribution < -0.4 is 5.32 Å². The van der Waals surface area contributed by atoms with E-state index in [1.165, 1.54) is 6.07 Å². The number of carbonyl (C=O) groups is 2. The summed E-state index contributed by atoms with van der Waals surface area (Å²) in [5.74, 6) is 1.39. The number of piperidine rings is 1. The fraction of sp³-hybridized carbons (Fsp3) is 0.500. The second-order valence-electron chi connectivity index (χ2n) is 7.23. The minimum absolute atomic E-state index is 0.00603. The SMILES string of the molecule is CSCCC(NC(=O)c1ccc(Cl)cc1Cl)C(=O)N1CCCC(c2nc(C)no2)C1. The van der Waals surface area contributed by atoms with Gasteiger partial charge in [-0.2, -0.15) is 16.7 Å². The molecule has 30 heavy (non-hydrogen) atoms. The second-order valence-corrected chi connectivity index (χ2v) is 9.06. The van der Waals surface area contributed by atoms with Gasteiger partial charge in [0.25, 0.3) is 5.91 Å². The van der Waals surface area contributed by atoms with Crippen LogP contribution in [0, 0.1) is 6.92 Å². The van der Waals surface area contributed by atoms with Crippen LogP contribution in [0.5, 0.6) is 0 Å². The number of thioether (sulfide) groups is 1. The molecule has 0 radical (unpaired) electrons. The summed E-state index contributed by atoms with van der Waals surface area (Å²) in [5.41, 5.74) is 0.292. The molecule has 0 spiro atoms. The molecule has 1 N–H and O–H groups in total. The summed E-state index contributed by atoms with van der Waals surface area (Å²) in [6, 6.07) is 4.03. The molecule has 162 valence electrons. The Bertz CT molecular complexity index is 908. The Morgan fingerprint density at radius 2 is 2.20 bits per heavy atom. The predicted molar refractivity (Wildman–Crippen MR) is 118 cm³/mol. The van der Waals surface area contributed by atoms with E-state index in [1.807, 2.05) is 6.26 Å². The molecule has 1 aliphatic rings. The number of carbonyl (C=O) groups excluding carboxylic acids is 2. The zero-order valence-electron chi connectivity index (χ0n) is 16.9. The minimum Gasteiger partial charge on any atom is -0.340 e. The number of likely N-dealkylation sites (tertiary alicyclic amines) is 1. The molecular formula is C20H24Cl2N4O3S. The van der Waals surface area contributed by atoms with Crippen LogP contribution in [-0.2, 0) is 4.79 Å². The lowest BCUT2D eigenvalue weighted by molar-refractivity contribution is -0.134. The van der Waals surface area contributed by atoms with Crippen molar-refractivity contribution in [2.24, 2.45) is 0 Å². The maximum absolute atomic E-state index is 13.3. The van der Waals surface area contributed by atoms with Gasteiger partial charge in [-0.25, -0.2) is 0 Å². The van der Waals surface area contributed by atoms with Crippen LogP contribution >= 0.6 is 35.0 Å². The van der Waals surface area contributed by atoms with E-state index in [0.717, 1.165) is 18.6 Å².